The molecule has 0 radical (unpaired) electrons. The monoisotopic (exact) mass is 1030 g/mol. The van der Waals surface area contributed by atoms with Crippen LogP contribution in [-0.2, 0) is 42.6 Å². The Balaban J connectivity index is 0.847. The van der Waals surface area contributed by atoms with Crippen LogP contribution in [0.2, 0.25) is 0 Å². The lowest BCUT2D eigenvalue weighted by atomic mass is 9.44. The summed E-state index contributed by atoms with van der Waals surface area (Å²) in [6.07, 6.45) is -20.3. The Kier molecular flexibility index (Phi) is 17.1. The highest BCUT2D eigenvalue weighted by Crippen LogP contribution is 2.70. The lowest BCUT2D eigenvalue weighted by Crippen LogP contribution is -2.67. The SMILES string of the molecule is CC1=C(CC[C@H](C)CO[C@@H]2O[C@H](CO)[C@@H](O)[C@H](O)[C@H]2O)O[C@H]2C[C@H]3[C@@H]4CCC5C[C@@H](O[C@@H]6O[C@H](CO)[C@H](O)[C@H](O[C@@H]7OC[C@@H](O)[C@H](O)[C@H]7O)[C@H]6O[C@@H]6O[C@H](CO)[C@@H](O)[C@H](O)[C@H]6O)CC[C@]5(C)[C@H]4CC[C@]3(C)C12. The van der Waals surface area contributed by atoms with Crippen molar-refractivity contribution in [2.45, 2.75) is 221 Å². The molecule has 0 aromatic rings. The maximum absolute atomic E-state index is 11.6. The molecular formula is C50H82O22. The van der Waals surface area contributed by atoms with Crippen LogP contribution in [0.4, 0.5) is 0 Å². The molecule has 0 amide bonds. The van der Waals surface area contributed by atoms with Gasteiger partial charge in [0.25, 0.3) is 0 Å². The van der Waals surface area contributed by atoms with Crippen molar-refractivity contribution in [1.82, 2.24) is 0 Å². The van der Waals surface area contributed by atoms with Gasteiger partial charge in [0.2, 0.25) is 0 Å². The summed E-state index contributed by atoms with van der Waals surface area (Å²) in [6, 6.07) is 0. The fourth-order valence-electron chi connectivity index (χ4n) is 14.9. The molecule has 4 saturated heterocycles. The molecule has 0 aromatic carbocycles. The molecule has 5 aliphatic heterocycles. The van der Waals surface area contributed by atoms with Crippen LogP contribution in [0.3, 0.4) is 0 Å². The van der Waals surface area contributed by atoms with E-state index >= 15 is 0 Å². The van der Waals surface area contributed by atoms with Gasteiger partial charge in [-0.25, -0.2) is 0 Å². The molecule has 414 valence electrons. The molecular weight excluding hydrogens is 953 g/mol. The van der Waals surface area contributed by atoms with E-state index in [4.69, 9.17) is 42.6 Å². The van der Waals surface area contributed by atoms with E-state index in [1.807, 2.05) is 6.92 Å². The second-order valence-electron chi connectivity index (χ2n) is 23.2. The van der Waals surface area contributed by atoms with Crippen LogP contribution in [-0.4, -0.2) is 228 Å². The molecule has 22 nitrogen and oxygen atoms in total. The Hall–Kier alpha value is -1.30. The zero-order valence-corrected chi connectivity index (χ0v) is 41.7. The maximum atomic E-state index is 11.6. The fourth-order valence-corrected chi connectivity index (χ4v) is 14.9. The molecule has 0 spiro atoms. The molecule has 9 aliphatic rings. The van der Waals surface area contributed by atoms with E-state index < -0.39 is 149 Å². The lowest BCUT2D eigenvalue weighted by Gasteiger charge is -2.61. The summed E-state index contributed by atoms with van der Waals surface area (Å²) in [5.41, 5.74) is 1.42. The van der Waals surface area contributed by atoms with Gasteiger partial charge in [0.05, 0.1) is 44.9 Å². The van der Waals surface area contributed by atoms with Crippen LogP contribution in [0.1, 0.15) is 91.9 Å². The maximum Gasteiger partial charge on any atom is 0.187 e. The molecule has 8 fully saturated rings. The number of aliphatic hydroxyl groups is 13. The van der Waals surface area contributed by atoms with Crippen molar-refractivity contribution in [2.24, 2.45) is 46.3 Å². The van der Waals surface area contributed by atoms with E-state index in [2.05, 4.69) is 20.8 Å². The highest BCUT2D eigenvalue weighted by atomic mass is 16.8. The van der Waals surface area contributed by atoms with Gasteiger partial charge in [-0.05, 0) is 111 Å². The molecule has 0 bridgehead atoms. The van der Waals surface area contributed by atoms with Gasteiger partial charge >= 0.3 is 0 Å². The summed E-state index contributed by atoms with van der Waals surface area (Å²) in [7, 11) is 0. The number of allylic oxidation sites excluding steroid dienone is 1. The summed E-state index contributed by atoms with van der Waals surface area (Å²) in [6.45, 7) is 7.05. The van der Waals surface area contributed by atoms with Crippen LogP contribution in [0.15, 0.2) is 11.3 Å². The van der Waals surface area contributed by atoms with E-state index in [-0.39, 0.29) is 35.4 Å². The normalized spacial score (nSPS) is 53.0. The van der Waals surface area contributed by atoms with Crippen molar-refractivity contribution in [2.75, 3.05) is 33.0 Å². The van der Waals surface area contributed by atoms with E-state index in [1.165, 1.54) is 5.57 Å². The van der Waals surface area contributed by atoms with Gasteiger partial charge in [-0.15, -0.1) is 0 Å². The minimum Gasteiger partial charge on any atom is -0.494 e. The van der Waals surface area contributed by atoms with Crippen LogP contribution in [0.5, 0.6) is 0 Å². The lowest BCUT2D eigenvalue weighted by molar-refractivity contribution is -0.392. The topological polar surface area (TPSA) is 346 Å². The predicted octanol–water partition coefficient (Wildman–Crippen LogP) is -2.37. The minimum atomic E-state index is -1.85. The van der Waals surface area contributed by atoms with Crippen molar-refractivity contribution < 1.29 is 109 Å². The second-order valence-corrected chi connectivity index (χ2v) is 23.2. The molecule has 4 aliphatic carbocycles. The molecule has 5 heterocycles. The molecule has 2 unspecified atom stereocenters. The van der Waals surface area contributed by atoms with Gasteiger partial charge < -0.3 is 109 Å². The highest BCUT2D eigenvalue weighted by Gasteiger charge is 2.65. The fraction of sp³-hybridized carbons (Fsp3) is 0.960. The molecule has 72 heavy (non-hydrogen) atoms. The van der Waals surface area contributed by atoms with Gasteiger partial charge in [0.1, 0.15) is 97.7 Å². The number of hydrogen-bond donors (Lipinski definition) is 13. The van der Waals surface area contributed by atoms with Crippen LogP contribution in [0.25, 0.3) is 0 Å². The number of fused-ring (bicyclic) bond motifs is 7. The smallest absolute Gasteiger partial charge is 0.187 e. The third kappa shape index (κ3) is 10.1. The first-order valence-electron chi connectivity index (χ1n) is 26.4. The first-order chi connectivity index (χ1) is 34.2. The highest BCUT2D eigenvalue weighted by molar-refractivity contribution is 5.27. The second kappa shape index (κ2) is 22.2. The number of ether oxygens (including phenoxy) is 9. The predicted molar refractivity (Wildman–Crippen MR) is 244 cm³/mol. The average Bonchev–Trinajstić information content (AvgIpc) is 3.85. The summed E-state index contributed by atoms with van der Waals surface area (Å²) < 4.78 is 54.7. The van der Waals surface area contributed by atoms with Crippen molar-refractivity contribution in [3.05, 3.63) is 11.3 Å². The minimum absolute atomic E-state index is 0.0154. The third-order valence-electron chi connectivity index (χ3n) is 19.1. The Morgan fingerprint density at radius 3 is 1.88 bits per heavy atom. The quantitative estimate of drug-likeness (QED) is 0.0763. The first-order valence-corrected chi connectivity index (χ1v) is 26.4. The van der Waals surface area contributed by atoms with Crippen LogP contribution < -0.4 is 0 Å². The summed E-state index contributed by atoms with van der Waals surface area (Å²) in [5, 5.41) is 136. The Bertz CT molecular complexity index is 1840. The zero-order chi connectivity index (χ0) is 51.7. The number of hydrogen-bond acceptors (Lipinski definition) is 22. The van der Waals surface area contributed by atoms with E-state index in [0.717, 1.165) is 57.1 Å². The van der Waals surface area contributed by atoms with Gasteiger partial charge in [-0.2, -0.15) is 0 Å². The summed E-state index contributed by atoms with van der Waals surface area (Å²) in [5.74, 6) is 3.22. The Morgan fingerprint density at radius 2 is 1.19 bits per heavy atom. The summed E-state index contributed by atoms with van der Waals surface area (Å²) >= 11 is 0. The van der Waals surface area contributed by atoms with Gasteiger partial charge in [0, 0.05) is 12.3 Å². The molecule has 13 N–H and O–H groups in total. The Labute approximate surface area is 419 Å². The number of aliphatic hydroxyl groups excluding tert-OH is 13. The van der Waals surface area contributed by atoms with E-state index in [1.54, 1.807) is 0 Å². The third-order valence-corrected chi connectivity index (χ3v) is 19.1. The van der Waals surface area contributed by atoms with Crippen LogP contribution in [0, 0.1) is 46.3 Å². The van der Waals surface area contributed by atoms with Gasteiger partial charge in [0.15, 0.2) is 25.2 Å². The van der Waals surface area contributed by atoms with Gasteiger partial charge in [-0.3, -0.25) is 0 Å². The van der Waals surface area contributed by atoms with Crippen molar-refractivity contribution in [3.63, 3.8) is 0 Å². The molecule has 29 atom stereocenters. The van der Waals surface area contributed by atoms with Crippen molar-refractivity contribution >= 4 is 0 Å². The van der Waals surface area contributed by atoms with E-state index in [0.29, 0.717) is 36.5 Å². The molecule has 0 aromatic heterocycles. The molecule has 4 saturated carbocycles. The average molecular weight is 1040 g/mol. The largest absolute Gasteiger partial charge is 0.494 e. The summed E-state index contributed by atoms with van der Waals surface area (Å²) in [4.78, 5) is 0. The van der Waals surface area contributed by atoms with Crippen molar-refractivity contribution in [1.29, 1.82) is 0 Å². The van der Waals surface area contributed by atoms with E-state index in [9.17, 15) is 66.4 Å². The van der Waals surface area contributed by atoms with Gasteiger partial charge in [-0.1, -0.05) is 20.8 Å². The molecule has 22 heteroatoms. The van der Waals surface area contributed by atoms with Crippen molar-refractivity contribution in [3.8, 4) is 0 Å². The first kappa shape index (κ1) is 55.5. The zero-order valence-electron chi connectivity index (χ0n) is 41.7. The Morgan fingerprint density at radius 1 is 0.597 bits per heavy atom. The number of rotatable bonds is 15. The molecule has 9 rings (SSSR count). The standard InChI is InChI=1S/C50H82O22/c1-20(18-64-45-41(62)38(59)35(56)30(15-51)68-45)5-8-28-21(2)33-29(67-28)14-26-24-7-6-22-13-23(9-11-49(22,3)25(24)10-12-50(26,33)4)66-48-44(72-47-42(63)39(60)36(57)31(16-52)69-47)43(37(58)32(17-53)70-48)71-46-40(61)34(55)27(54)19-65-46/h20,22-27,29-48,51-63H,5-19H2,1-4H3/t20-,22?,23-,24+,25-,26-,27+,29-,30+,31+,32+,33?,34-,35+,36+,37-,38-,39-,40+,41+,42+,43-,44+,45+,46-,47-,48+,49-,50-/m0/s1. The van der Waals surface area contributed by atoms with Crippen LogP contribution >= 0.6 is 0 Å².